The molecule has 7 heteroatoms. The molecule has 0 saturated heterocycles. The number of aliphatic hydroxyl groups is 1. The highest BCUT2D eigenvalue weighted by Crippen LogP contribution is 2.24. The van der Waals surface area contributed by atoms with Crippen molar-refractivity contribution in [1.29, 1.82) is 0 Å². The summed E-state index contributed by atoms with van der Waals surface area (Å²) in [5.74, 6) is -0.411. The summed E-state index contributed by atoms with van der Waals surface area (Å²) in [7, 11) is 0. The zero-order chi connectivity index (χ0) is 16.7. The first kappa shape index (κ1) is 16.8. The molecule has 0 aliphatic rings. The zero-order valence-corrected chi connectivity index (χ0v) is 13.2. The van der Waals surface area contributed by atoms with Crippen molar-refractivity contribution < 1.29 is 14.4 Å². The van der Waals surface area contributed by atoms with Crippen LogP contribution in [0.1, 0.15) is 18.9 Å². The van der Waals surface area contributed by atoms with Crippen molar-refractivity contribution in [3.05, 3.63) is 52.8 Å². The predicted octanol–water partition coefficient (Wildman–Crippen LogP) is 3.53. The Kier molecular flexibility index (Phi) is 5.94. The Morgan fingerprint density at radius 3 is 2.87 bits per heavy atom. The highest BCUT2D eigenvalue weighted by Gasteiger charge is 2.16. The molecule has 0 radical (unpaired) electrons. The molecule has 0 saturated carbocycles. The van der Waals surface area contributed by atoms with E-state index in [1.807, 2.05) is 6.92 Å². The van der Waals surface area contributed by atoms with Gasteiger partial charge in [0.15, 0.2) is 5.82 Å². The van der Waals surface area contributed by atoms with Gasteiger partial charge in [-0.15, -0.1) is 0 Å². The van der Waals surface area contributed by atoms with Crippen molar-refractivity contribution in [2.24, 2.45) is 4.99 Å². The molecular weight excluding hydrogens is 318 g/mol. The quantitative estimate of drug-likeness (QED) is 0.481. The Bertz CT molecular complexity index is 724. The average molecular weight is 334 g/mol. The summed E-state index contributed by atoms with van der Waals surface area (Å²) in [6.07, 6.45) is 3.37. The van der Waals surface area contributed by atoms with Crippen LogP contribution in [0.15, 0.2) is 51.7 Å². The molecule has 0 spiro atoms. The lowest BCUT2D eigenvalue weighted by Gasteiger charge is -2.09. The third kappa shape index (κ3) is 4.43. The molecule has 0 aliphatic carbocycles. The van der Waals surface area contributed by atoms with Gasteiger partial charge in [0.25, 0.3) is 5.91 Å². The molecule has 120 valence electrons. The van der Waals surface area contributed by atoms with Gasteiger partial charge < -0.3 is 14.9 Å². The van der Waals surface area contributed by atoms with E-state index < -0.39 is 5.91 Å². The largest absolute Gasteiger partial charge is 0.506 e. The molecule has 1 amide bonds. The van der Waals surface area contributed by atoms with Gasteiger partial charge in [0.2, 0.25) is 0 Å². The van der Waals surface area contributed by atoms with Crippen LogP contribution in [-0.2, 0) is 4.79 Å². The molecule has 1 aromatic carbocycles. The number of aliphatic imine (C=N–C) groups is 1. The molecule has 2 N–H and O–H groups in total. The van der Waals surface area contributed by atoms with Gasteiger partial charge in [0.1, 0.15) is 17.6 Å². The van der Waals surface area contributed by atoms with Gasteiger partial charge in [0, 0.05) is 24.4 Å². The fraction of sp³-hybridized carbons (Fsp3) is 0.188. The molecule has 2 aromatic rings. The van der Waals surface area contributed by atoms with E-state index in [1.54, 1.807) is 24.3 Å². The van der Waals surface area contributed by atoms with Gasteiger partial charge in [-0.25, -0.2) is 4.99 Å². The Labute approximate surface area is 138 Å². The molecule has 0 atom stereocenters. The Morgan fingerprint density at radius 2 is 2.22 bits per heavy atom. The average Bonchev–Trinajstić information content (AvgIpc) is 3.06. The van der Waals surface area contributed by atoms with Crippen LogP contribution >= 0.6 is 11.6 Å². The molecule has 0 aliphatic heterocycles. The fourth-order valence-corrected chi connectivity index (χ4v) is 1.99. The van der Waals surface area contributed by atoms with E-state index in [1.165, 1.54) is 18.5 Å². The Balaban J connectivity index is 2.41. The number of amides is 1. The van der Waals surface area contributed by atoms with Crippen molar-refractivity contribution in [3.63, 3.8) is 0 Å². The molecule has 0 unspecified atom stereocenters. The first-order valence-corrected chi connectivity index (χ1v) is 7.42. The molecular formula is C16H16ClN3O3. The summed E-state index contributed by atoms with van der Waals surface area (Å²) in [6.45, 7) is 2.41. The van der Waals surface area contributed by atoms with E-state index in [0.717, 1.165) is 6.42 Å². The van der Waals surface area contributed by atoms with Crippen LogP contribution in [0.25, 0.3) is 5.76 Å². The number of nitrogens with zero attached hydrogens (tertiary/aromatic N) is 2. The lowest BCUT2D eigenvalue weighted by Crippen LogP contribution is -2.27. The highest BCUT2D eigenvalue weighted by molar-refractivity contribution is 6.32. The van der Waals surface area contributed by atoms with Gasteiger partial charge in [0.05, 0.1) is 5.02 Å². The third-order valence-electron chi connectivity index (χ3n) is 2.91. The van der Waals surface area contributed by atoms with E-state index in [2.05, 4.69) is 20.0 Å². The van der Waals surface area contributed by atoms with Crippen LogP contribution in [0.5, 0.6) is 0 Å². The lowest BCUT2D eigenvalue weighted by molar-refractivity contribution is -0.116. The molecule has 0 fully saturated rings. The third-order valence-corrected chi connectivity index (χ3v) is 3.24. The minimum absolute atomic E-state index is 0.00505. The van der Waals surface area contributed by atoms with Crippen molar-refractivity contribution in [2.45, 2.75) is 13.3 Å². The summed E-state index contributed by atoms with van der Waals surface area (Å²) >= 11 is 6.07. The van der Waals surface area contributed by atoms with Crippen LogP contribution in [0, 0.1) is 0 Å². The van der Waals surface area contributed by atoms with Crippen LogP contribution in [0.2, 0.25) is 5.02 Å². The van der Waals surface area contributed by atoms with Crippen molar-refractivity contribution >= 4 is 35.3 Å². The molecule has 1 aromatic heterocycles. The maximum absolute atomic E-state index is 12.3. The van der Waals surface area contributed by atoms with Gasteiger partial charge in [-0.1, -0.05) is 35.8 Å². The number of aliphatic hydroxyl groups excluding tert-OH is 1. The van der Waals surface area contributed by atoms with Gasteiger partial charge in [-0.3, -0.25) is 4.79 Å². The normalized spacial score (nSPS) is 12.3. The van der Waals surface area contributed by atoms with Crippen LogP contribution < -0.4 is 5.32 Å². The van der Waals surface area contributed by atoms with Gasteiger partial charge in [-0.2, -0.15) is 0 Å². The summed E-state index contributed by atoms with van der Waals surface area (Å²) in [5, 5.41) is 17.1. The molecule has 1 heterocycles. The van der Waals surface area contributed by atoms with E-state index in [4.69, 9.17) is 11.6 Å². The topological polar surface area (TPSA) is 87.7 Å². The predicted molar refractivity (Wildman–Crippen MR) is 89.0 cm³/mol. The van der Waals surface area contributed by atoms with E-state index in [-0.39, 0.29) is 17.2 Å². The lowest BCUT2D eigenvalue weighted by atomic mass is 10.1. The molecule has 23 heavy (non-hydrogen) atoms. The van der Waals surface area contributed by atoms with Crippen molar-refractivity contribution in [2.75, 3.05) is 6.54 Å². The smallest absolute Gasteiger partial charge is 0.256 e. The molecule has 6 nitrogen and oxygen atoms in total. The molecule has 0 bridgehead atoms. The fourth-order valence-electron chi connectivity index (χ4n) is 1.76. The van der Waals surface area contributed by atoms with Gasteiger partial charge in [-0.05, 0) is 18.6 Å². The first-order chi connectivity index (χ1) is 11.1. The Morgan fingerprint density at radius 1 is 1.43 bits per heavy atom. The van der Waals surface area contributed by atoms with Crippen LogP contribution in [-0.4, -0.2) is 28.9 Å². The number of carbonyl (C=O) groups excluding carboxylic acids is 1. The zero-order valence-electron chi connectivity index (χ0n) is 12.5. The van der Waals surface area contributed by atoms with Crippen molar-refractivity contribution in [3.8, 4) is 0 Å². The standard InChI is InChI=1S/C16H16ClN3O3/c1-2-8-18-16(22)12(10-19-14-7-9-23-20-14)15(21)11-5-3-4-6-13(11)17/h3-7,9-10,21H,2,8H2,1H3,(H,18,22)/b15-12+,19-10?. The second kappa shape index (κ2) is 8.14. The minimum atomic E-state index is -0.448. The number of nitrogens with one attached hydrogen (secondary N) is 1. The second-order valence-electron chi connectivity index (χ2n) is 4.61. The second-order valence-corrected chi connectivity index (χ2v) is 5.02. The monoisotopic (exact) mass is 333 g/mol. The number of benzene rings is 1. The maximum atomic E-state index is 12.3. The first-order valence-electron chi connectivity index (χ1n) is 7.04. The number of rotatable bonds is 6. The van der Waals surface area contributed by atoms with Gasteiger partial charge >= 0.3 is 0 Å². The van der Waals surface area contributed by atoms with E-state index in [0.29, 0.717) is 17.1 Å². The van der Waals surface area contributed by atoms with E-state index >= 15 is 0 Å². The Hall–Kier alpha value is -2.60. The summed E-state index contributed by atoms with van der Waals surface area (Å²) in [5.41, 5.74) is 0.344. The van der Waals surface area contributed by atoms with E-state index in [9.17, 15) is 9.90 Å². The number of halogens is 1. The number of hydrogen-bond acceptors (Lipinski definition) is 5. The highest BCUT2D eigenvalue weighted by atomic mass is 35.5. The number of aromatic nitrogens is 1. The minimum Gasteiger partial charge on any atom is -0.506 e. The van der Waals surface area contributed by atoms with Crippen LogP contribution in [0.3, 0.4) is 0 Å². The number of hydrogen-bond donors (Lipinski definition) is 2. The summed E-state index contributed by atoms with van der Waals surface area (Å²) < 4.78 is 4.67. The molecule has 2 rings (SSSR count). The maximum Gasteiger partial charge on any atom is 0.256 e. The van der Waals surface area contributed by atoms with Crippen LogP contribution in [0.4, 0.5) is 5.82 Å². The summed E-state index contributed by atoms with van der Waals surface area (Å²) in [4.78, 5) is 16.3. The van der Waals surface area contributed by atoms with Crippen molar-refractivity contribution in [1.82, 2.24) is 10.5 Å². The summed E-state index contributed by atoms with van der Waals surface area (Å²) in [6, 6.07) is 8.23. The SMILES string of the molecule is CCCNC(=O)/C(C=Nc1ccon1)=C(/O)c1ccccc1Cl. The number of carbonyl (C=O) groups is 1.